The number of phosphoric ester groups is 2. The van der Waals surface area contributed by atoms with Gasteiger partial charge in [0.15, 0.2) is 6.10 Å². The van der Waals surface area contributed by atoms with Crippen LogP contribution in [0, 0.1) is 0 Å². The van der Waals surface area contributed by atoms with Crippen molar-refractivity contribution < 1.29 is 61.6 Å². The lowest BCUT2D eigenvalue weighted by Crippen LogP contribution is -2.30. The Morgan fingerprint density at radius 3 is 1.38 bits per heavy atom. The lowest BCUT2D eigenvalue weighted by molar-refractivity contribution is -0.161. The van der Waals surface area contributed by atoms with E-state index in [0.717, 1.165) is 77.0 Å². The van der Waals surface area contributed by atoms with E-state index in [9.17, 15) is 28.7 Å². The van der Waals surface area contributed by atoms with Crippen LogP contribution in [0.15, 0.2) is 60.8 Å². The van der Waals surface area contributed by atoms with Crippen LogP contribution in [0.25, 0.3) is 0 Å². The molecule has 0 amide bonds. The van der Waals surface area contributed by atoms with Crippen LogP contribution in [0.2, 0.25) is 0 Å². The average molecular weight is 905 g/mol. The fourth-order valence-corrected chi connectivity index (χ4v) is 7.01. The Labute approximate surface area is 368 Å². The summed E-state index contributed by atoms with van der Waals surface area (Å²) < 4.78 is 47.8. The third kappa shape index (κ3) is 45.7. The molecule has 0 aromatic rings. The molecule has 3 unspecified atom stereocenters. The number of esters is 2. The molecule has 0 fully saturated rings. The summed E-state index contributed by atoms with van der Waals surface area (Å²) in [4.78, 5) is 52.7. The molecule has 15 heteroatoms. The number of unbranched alkanes of at least 4 members (excludes halogenated alkanes) is 17. The molecule has 354 valence electrons. The molecule has 3 atom stereocenters. The maximum absolute atomic E-state index is 12.7. The number of phosphoric acid groups is 2. The topological polar surface area (TPSA) is 195 Å². The van der Waals surface area contributed by atoms with Gasteiger partial charge in [0.05, 0.1) is 19.8 Å². The van der Waals surface area contributed by atoms with E-state index in [1.54, 1.807) is 0 Å². The zero-order valence-corrected chi connectivity index (χ0v) is 39.3. The highest BCUT2D eigenvalue weighted by molar-refractivity contribution is 7.47. The Morgan fingerprint density at radius 1 is 0.475 bits per heavy atom. The molecule has 0 aliphatic carbocycles. The second kappa shape index (κ2) is 41.8. The number of hydrogen-bond donors (Lipinski definition) is 4. The lowest BCUT2D eigenvalue weighted by Gasteiger charge is -2.20. The van der Waals surface area contributed by atoms with Crippen LogP contribution in [-0.2, 0) is 41.8 Å². The lowest BCUT2D eigenvalue weighted by atomic mass is 10.1. The van der Waals surface area contributed by atoms with Gasteiger partial charge in [0.25, 0.3) is 0 Å². The molecule has 0 radical (unpaired) electrons. The largest absolute Gasteiger partial charge is 0.472 e. The quantitative estimate of drug-likeness (QED) is 0.0195. The maximum Gasteiger partial charge on any atom is 0.472 e. The first-order valence-corrected chi connectivity index (χ1v) is 26.0. The SMILES string of the molecule is CCCCCC=CCC=CCC=CCC=CCCCCCC(=O)OC(COC(=O)CCCCCCCCCC=CCCCCCC)COP(=O)(O)OCC(O)COP(=O)(O)O. The van der Waals surface area contributed by atoms with E-state index >= 15 is 0 Å². The Morgan fingerprint density at radius 2 is 0.852 bits per heavy atom. The molecule has 0 saturated heterocycles. The Kier molecular flexibility index (Phi) is 40.3. The molecule has 0 aliphatic heterocycles. The van der Waals surface area contributed by atoms with E-state index < -0.39 is 66.2 Å². The maximum atomic E-state index is 12.7. The molecule has 0 spiro atoms. The van der Waals surface area contributed by atoms with Crippen LogP contribution < -0.4 is 0 Å². The molecule has 13 nitrogen and oxygen atoms in total. The van der Waals surface area contributed by atoms with E-state index in [4.69, 9.17) is 23.8 Å². The van der Waals surface area contributed by atoms with Crippen LogP contribution in [0.3, 0.4) is 0 Å². The average Bonchev–Trinajstić information content (AvgIpc) is 3.22. The summed E-state index contributed by atoms with van der Waals surface area (Å²) in [5.74, 6) is -1.07. The minimum absolute atomic E-state index is 0.0912. The van der Waals surface area contributed by atoms with Gasteiger partial charge < -0.3 is 29.3 Å². The van der Waals surface area contributed by atoms with Gasteiger partial charge in [-0.25, -0.2) is 9.13 Å². The number of rotatable bonds is 43. The first-order chi connectivity index (χ1) is 29.4. The number of carbonyl (C=O) groups is 2. The van der Waals surface area contributed by atoms with Gasteiger partial charge in [0.1, 0.15) is 12.7 Å². The van der Waals surface area contributed by atoms with Gasteiger partial charge in [-0.3, -0.25) is 23.2 Å². The molecule has 0 rings (SSSR count). The molecule has 0 aliphatic rings. The van der Waals surface area contributed by atoms with E-state index in [-0.39, 0.29) is 12.8 Å². The predicted molar refractivity (Wildman–Crippen MR) is 244 cm³/mol. The summed E-state index contributed by atoms with van der Waals surface area (Å²) in [5.41, 5.74) is 0. The van der Waals surface area contributed by atoms with Gasteiger partial charge in [0.2, 0.25) is 0 Å². The highest BCUT2D eigenvalue weighted by atomic mass is 31.2. The van der Waals surface area contributed by atoms with Gasteiger partial charge in [-0.1, -0.05) is 145 Å². The molecule has 0 saturated carbocycles. The molecule has 0 aromatic heterocycles. The smallest absolute Gasteiger partial charge is 0.462 e. The van der Waals surface area contributed by atoms with Crippen molar-refractivity contribution in [3.63, 3.8) is 0 Å². The summed E-state index contributed by atoms with van der Waals surface area (Å²) >= 11 is 0. The summed E-state index contributed by atoms with van der Waals surface area (Å²) in [7, 11) is -9.69. The first kappa shape index (κ1) is 58.8. The van der Waals surface area contributed by atoms with Crippen molar-refractivity contribution >= 4 is 27.6 Å². The molecule has 0 heterocycles. The van der Waals surface area contributed by atoms with Crippen molar-refractivity contribution in [1.82, 2.24) is 0 Å². The van der Waals surface area contributed by atoms with Gasteiger partial charge in [-0.15, -0.1) is 0 Å². The van der Waals surface area contributed by atoms with E-state index in [0.29, 0.717) is 12.8 Å². The third-order valence-electron chi connectivity index (χ3n) is 9.37. The van der Waals surface area contributed by atoms with E-state index in [2.05, 4.69) is 83.7 Å². The summed E-state index contributed by atoms with van der Waals surface area (Å²) in [6.07, 6.45) is 44.9. The molecular formula is C46H82O13P2. The van der Waals surface area contributed by atoms with Gasteiger partial charge >= 0.3 is 27.6 Å². The van der Waals surface area contributed by atoms with Gasteiger partial charge in [-0.2, -0.15) is 0 Å². The van der Waals surface area contributed by atoms with Crippen LogP contribution in [-0.4, -0.2) is 70.4 Å². The van der Waals surface area contributed by atoms with Crippen LogP contribution in [0.4, 0.5) is 0 Å². The second-order valence-corrected chi connectivity index (χ2v) is 18.0. The Balaban J connectivity index is 4.57. The number of aliphatic hydroxyl groups excluding tert-OH is 1. The number of aliphatic hydroxyl groups is 1. The number of carbonyl (C=O) groups excluding carboxylic acids is 2. The Hall–Kier alpha value is -2.18. The minimum Gasteiger partial charge on any atom is -0.462 e. The van der Waals surface area contributed by atoms with Crippen molar-refractivity contribution in [3.8, 4) is 0 Å². The molecule has 61 heavy (non-hydrogen) atoms. The van der Waals surface area contributed by atoms with Crippen molar-refractivity contribution in [1.29, 1.82) is 0 Å². The fourth-order valence-electron chi connectivity index (χ4n) is 5.85. The minimum atomic E-state index is -4.87. The van der Waals surface area contributed by atoms with Crippen molar-refractivity contribution in [3.05, 3.63) is 60.8 Å². The predicted octanol–water partition coefficient (Wildman–Crippen LogP) is 12.0. The van der Waals surface area contributed by atoms with Crippen molar-refractivity contribution in [2.24, 2.45) is 0 Å². The second-order valence-electron chi connectivity index (χ2n) is 15.3. The van der Waals surface area contributed by atoms with E-state index in [1.807, 2.05) is 0 Å². The van der Waals surface area contributed by atoms with E-state index in [1.165, 1.54) is 64.2 Å². The van der Waals surface area contributed by atoms with Gasteiger partial charge in [-0.05, 0) is 83.5 Å². The monoisotopic (exact) mass is 905 g/mol. The van der Waals surface area contributed by atoms with Crippen LogP contribution in [0.1, 0.15) is 181 Å². The van der Waals surface area contributed by atoms with Crippen molar-refractivity contribution in [2.45, 2.75) is 193 Å². The summed E-state index contributed by atoms with van der Waals surface area (Å²) in [5, 5.41) is 9.75. The van der Waals surface area contributed by atoms with Gasteiger partial charge in [0, 0.05) is 12.8 Å². The molecule has 0 bridgehead atoms. The number of hydrogen-bond acceptors (Lipinski definition) is 10. The zero-order chi connectivity index (χ0) is 45.1. The van der Waals surface area contributed by atoms with Crippen molar-refractivity contribution in [2.75, 3.05) is 26.4 Å². The normalized spacial score (nSPS) is 14.5. The standard InChI is InChI=1S/C46H82O13P2/c1-3-5-7-9-11-13-15-17-19-20-21-22-24-26-28-30-32-34-36-38-46(49)59-44(42-58-61(53,54)57-40-43(47)39-56-60(50,51)52)41-55-45(48)37-35-33-31-29-27-25-23-18-16-14-12-10-8-6-4-2/h11,13-14,16-17,19,21-22,26,28,43-44,47H,3-10,12,15,18,20,23-25,27,29-42H2,1-2H3,(H,53,54)(H2,50,51,52). The first-order valence-electron chi connectivity index (χ1n) is 23.0. The summed E-state index contributed by atoms with van der Waals surface area (Å²) in [6.45, 7) is 1.69. The number of ether oxygens (including phenoxy) is 2. The highest BCUT2D eigenvalue weighted by Gasteiger charge is 2.28. The fraction of sp³-hybridized carbons (Fsp3) is 0.739. The zero-order valence-electron chi connectivity index (χ0n) is 37.5. The van der Waals surface area contributed by atoms with Crippen LogP contribution in [0.5, 0.6) is 0 Å². The molecule has 0 aromatic carbocycles. The van der Waals surface area contributed by atoms with Crippen LogP contribution >= 0.6 is 15.6 Å². The third-order valence-corrected chi connectivity index (χ3v) is 10.8. The Bertz CT molecular complexity index is 1310. The molecule has 4 N–H and O–H groups in total. The number of allylic oxidation sites excluding steroid dienone is 10. The summed E-state index contributed by atoms with van der Waals surface area (Å²) in [6, 6.07) is 0. The molecular weight excluding hydrogens is 822 g/mol. The highest BCUT2D eigenvalue weighted by Crippen LogP contribution is 2.43.